The molecule has 4 rings (SSSR count). The SMILES string of the molecule is CC1C(=O)OC(=O)C1=P(c1ccccc1)(c1ccccc1)c1ccccc1. The lowest BCUT2D eigenvalue weighted by Gasteiger charge is -2.31. The maximum atomic E-state index is 12.9. The smallest absolute Gasteiger partial charge is 0.343 e. The average Bonchev–Trinajstić information content (AvgIpc) is 2.98. The Kier molecular flexibility index (Phi) is 4.55. The Morgan fingerprint density at radius 2 is 1.04 bits per heavy atom. The van der Waals surface area contributed by atoms with E-state index < -0.39 is 24.7 Å². The number of benzene rings is 3. The van der Waals surface area contributed by atoms with Crippen LogP contribution in [0, 0.1) is 5.92 Å². The summed E-state index contributed by atoms with van der Waals surface area (Å²) < 4.78 is 5.07. The molecule has 0 spiro atoms. The Bertz CT molecular complexity index is 937. The van der Waals surface area contributed by atoms with Crippen LogP contribution in [0.1, 0.15) is 6.92 Å². The minimum Gasteiger partial charge on any atom is -0.389 e. The third kappa shape index (κ3) is 2.75. The van der Waals surface area contributed by atoms with Gasteiger partial charge in [-0.3, -0.25) is 4.79 Å². The van der Waals surface area contributed by atoms with Gasteiger partial charge >= 0.3 is 11.9 Å². The van der Waals surface area contributed by atoms with Gasteiger partial charge in [0.25, 0.3) is 0 Å². The van der Waals surface area contributed by atoms with Crippen molar-refractivity contribution in [2.45, 2.75) is 6.92 Å². The molecule has 3 aromatic carbocycles. The average molecular weight is 374 g/mol. The molecule has 1 heterocycles. The summed E-state index contributed by atoms with van der Waals surface area (Å²) in [6.07, 6.45) is 0. The first kappa shape index (κ1) is 17.5. The van der Waals surface area contributed by atoms with Crippen LogP contribution in [0.2, 0.25) is 0 Å². The van der Waals surface area contributed by atoms with Crippen molar-refractivity contribution in [1.82, 2.24) is 0 Å². The second-order valence-electron chi connectivity index (χ2n) is 6.49. The van der Waals surface area contributed by atoms with Gasteiger partial charge in [0, 0.05) is 0 Å². The fraction of sp³-hybridized carbons (Fsp3) is 0.0870. The summed E-state index contributed by atoms with van der Waals surface area (Å²) >= 11 is 0. The topological polar surface area (TPSA) is 43.4 Å². The summed E-state index contributed by atoms with van der Waals surface area (Å²) in [6, 6.07) is 30.0. The Balaban J connectivity index is 2.25. The number of esters is 2. The molecule has 0 aromatic heterocycles. The highest BCUT2D eigenvalue weighted by atomic mass is 31.2. The number of ether oxygens (including phenoxy) is 1. The van der Waals surface area contributed by atoms with Gasteiger partial charge in [-0.25, -0.2) is 4.79 Å². The zero-order valence-corrected chi connectivity index (χ0v) is 15.8. The number of carbonyl (C=O) groups is 2. The van der Waals surface area contributed by atoms with Crippen molar-refractivity contribution in [3.63, 3.8) is 0 Å². The largest absolute Gasteiger partial charge is 0.389 e. The van der Waals surface area contributed by atoms with E-state index in [1.165, 1.54) is 0 Å². The Morgan fingerprint density at radius 3 is 1.33 bits per heavy atom. The van der Waals surface area contributed by atoms with E-state index in [2.05, 4.69) is 0 Å². The van der Waals surface area contributed by atoms with Crippen LogP contribution in [-0.2, 0) is 14.3 Å². The van der Waals surface area contributed by atoms with Gasteiger partial charge in [0.15, 0.2) is 0 Å². The second kappa shape index (κ2) is 7.02. The summed E-state index contributed by atoms with van der Waals surface area (Å²) in [6.45, 7) is -0.759. The molecule has 27 heavy (non-hydrogen) atoms. The molecule has 1 unspecified atom stereocenters. The Hall–Kier alpha value is -2.90. The van der Waals surface area contributed by atoms with Crippen molar-refractivity contribution >= 4 is 40.0 Å². The molecule has 1 aliphatic rings. The summed E-state index contributed by atoms with van der Waals surface area (Å²) in [5.74, 6) is -1.55. The van der Waals surface area contributed by atoms with Crippen molar-refractivity contribution in [3.8, 4) is 0 Å². The minimum absolute atomic E-state index is 0.470. The normalized spacial score (nSPS) is 17.1. The predicted octanol–water partition coefficient (Wildman–Crippen LogP) is 2.87. The molecule has 1 aliphatic heterocycles. The van der Waals surface area contributed by atoms with Gasteiger partial charge in [-0.2, -0.15) is 0 Å². The highest BCUT2D eigenvalue weighted by Crippen LogP contribution is 2.49. The number of hydrogen-bond acceptors (Lipinski definition) is 3. The van der Waals surface area contributed by atoms with Crippen molar-refractivity contribution in [1.29, 1.82) is 0 Å². The van der Waals surface area contributed by atoms with Crippen molar-refractivity contribution in [3.05, 3.63) is 91.0 Å². The molecule has 0 N–H and O–H groups in total. The first-order chi connectivity index (χ1) is 13.2. The van der Waals surface area contributed by atoms with E-state index in [1.807, 2.05) is 91.0 Å². The molecule has 0 saturated carbocycles. The van der Waals surface area contributed by atoms with E-state index in [9.17, 15) is 9.59 Å². The van der Waals surface area contributed by atoms with Crippen LogP contribution in [0.25, 0.3) is 0 Å². The highest BCUT2D eigenvalue weighted by molar-refractivity contribution is 7.96. The van der Waals surface area contributed by atoms with Gasteiger partial charge in [0.05, 0.1) is 11.2 Å². The molecule has 0 amide bonds. The quantitative estimate of drug-likeness (QED) is 0.402. The second-order valence-corrected chi connectivity index (χ2v) is 9.87. The Labute approximate surface area is 158 Å². The first-order valence-electron chi connectivity index (χ1n) is 8.85. The molecule has 4 heteroatoms. The van der Waals surface area contributed by atoms with Gasteiger partial charge in [-0.05, 0) is 29.7 Å². The zero-order chi connectivity index (χ0) is 18.9. The fourth-order valence-corrected chi connectivity index (χ4v) is 8.36. The van der Waals surface area contributed by atoms with E-state index >= 15 is 0 Å². The molecule has 3 aromatic rings. The Morgan fingerprint density at radius 1 is 0.667 bits per heavy atom. The van der Waals surface area contributed by atoms with Crippen LogP contribution < -0.4 is 15.9 Å². The molecule has 3 nitrogen and oxygen atoms in total. The van der Waals surface area contributed by atoms with Crippen LogP contribution in [0.5, 0.6) is 0 Å². The van der Waals surface area contributed by atoms with Gasteiger partial charge < -0.3 is 4.74 Å². The van der Waals surface area contributed by atoms with E-state index in [0.29, 0.717) is 5.29 Å². The van der Waals surface area contributed by atoms with Crippen molar-refractivity contribution in [2.75, 3.05) is 0 Å². The van der Waals surface area contributed by atoms with E-state index in [0.717, 1.165) is 15.9 Å². The lowest BCUT2D eigenvalue weighted by Crippen LogP contribution is -2.34. The van der Waals surface area contributed by atoms with Crippen LogP contribution in [0.4, 0.5) is 0 Å². The standard InChI is InChI=1S/C23H19O3P/c1-17-21(23(25)26-22(17)24)27(18-11-5-2-6-12-18,19-13-7-3-8-14-19)20-15-9-4-10-16-20/h2-17H,1H3. The summed E-state index contributed by atoms with van der Waals surface area (Å²) in [5, 5.41) is 3.68. The number of hydrogen-bond donors (Lipinski definition) is 0. The zero-order valence-electron chi connectivity index (χ0n) is 14.9. The van der Waals surface area contributed by atoms with E-state index in [1.54, 1.807) is 6.92 Å². The van der Waals surface area contributed by atoms with Crippen LogP contribution in [0.15, 0.2) is 91.0 Å². The summed E-state index contributed by atoms with van der Waals surface area (Å²) in [5.41, 5.74) is 0. The number of cyclic esters (lactones) is 2. The molecule has 1 fully saturated rings. The predicted molar refractivity (Wildman–Crippen MR) is 110 cm³/mol. The number of carbonyl (C=O) groups excluding carboxylic acids is 2. The van der Waals surface area contributed by atoms with Gasteiger partial charge in [0.2, 0.25) is 0 Å². The van der Waals surface area contributed by atoms with Crippen molar-refractivity contribution in [2.24, 2.45) is 5.92 Å². The summed E-state index contributed by atoms with van der Waals surface area (Å²) in [4.78, 5) is 25.2. The molecular weight excluding hydrogens is 355 g/mol. The van der Waals surface area contributed by atoms with Gasteiger partial charge in [-0.15, -0.1) is 0 Å². The molecule has 0 bridgehead atoms. The molecule has 134 valence electrons. The molecular formula is C23H19O3P. The van der Waals surface area contributed by atoms with E-state index in [-0.39, 0.29) is 0 Å². The minimum atomic E-state index is -2.53. The molecule has 0 aliphatic carbocycles. The maximum absolute atomic E-state index is 12.9. The van der Waals surface area contributed by atoms with Gasteiger partial charge in [0.1, 0.15) is 0 Å². The maximum Gasteiger partial charge on any atom is 0.343 e. The van der Waals surface area contributed by atoms with Crippen LogP contribution in [-0.4, -0.2) is 17.2 Å². The van der Waals surface area contributed by atoms with Crippen molar-refractivity contribution < 1.29 is 14.3 Å². The first-order valence-corrected chi connectivity index (χ1v) is 10.6. The molecule has 0 radical (unpaired) electrons. The lowest BCUT2D eigenvalue weighted by atomic mass is 10.1. The summed E-state index contributed by atoms with van der Waals surface area (Å²) in [7, 11) is 0. The molecule has 1 atom stereocenters. The third-order valence-electron chi connectivity index (χ3n) is 4.96. The van der Waals surface area contributed by atoms with E-state index in [4.69, 9.17) is 4.74 Å². The third-order valence-corrected chi connectivity index (χ3v) is 9.47. The number of rotatable bonds is 3. The highest BCUT2D eigenvalue weighted by Gasteiger charge is 2.44. The van der Waals surface area contributed by atoms with Crippen LogP contribution in [0.3, 0.4) is 0 Å². The molecule has 1 saturated heterocycles. The van der Waals surface area contributed by atoms with Crippen LogP contribution >= 0.6 is 6.89 Å². The monoisotopic (exact) mass is 374 g/mol. The lowest BCUT2D eigenvalue weighted by molar-refractivity contribution is -0.152. The fourth-order valence-electron chi connectivity index (χ4n) is 3.77. The van der Waals surface area contributed by atoms with Gasteiger partial charge in [-0.1, -0.05) is 91.0 Å².